The van der Waals surface area contributed by atoms with Crippen LogP contribution >= 0.6 is 11.3 Å². The van der Waals surface area contributed by atoms with Crippen LogP contribution in [0.4, 0.5) is 5.13 Å². The van der Waals surface area contributed by atoms with Gasteiger partial charge >= 0.3 is 5.91 Å². The van der Waals surface area contributed by atoms with Crippen molar-refractivity contribution < 1.29 is 24.2 Å². The number of nitrogens with zero attached hydrogens (tertiary/aromatic N) is 3. The van der Waals surface area contributed by atoms with Crippen molar-refractivity contribution in [1.29, 1.82) is 0 Å². The molecule has 0 bridgehead atoms. The SMILES string of the molecule is COc1cccc([C@@H]2/C(=C(\O)c3ccc4c(c3)C[C@H](C)O4)C(=O)C(=O)N2c2nnc(C)s2)c1. The summed E-state index contributed by atoms with van der Waals surface area (Å²) in [5, 5.41) is 20.4. The summed E-state index contributed by atoms with van der Waals surface area (Å²) in [6.07, 6.45) is 0.745. The number of carbonyl (C=O) groups excluding carboxylic acids is 2. The number of hydrogen-bond donors (Lipinski definition) is 1. The van der Waals surface area contributed by atoms with E-state index in [9.17, 15) is 14.7 Å². The summed E-state index contributed by atoms with van der Waals surface area (Å²) in [7, 11) is 1.54. The first-order chi connectivity index (χ1) is 15.9. The molecule has 1 saturated heterocycles. The van der Waals surface area contributed by atoms with Gasteiger partial charge in [-0.25, -0.2) is 0 Å². The van der Waals surface area contributed by atoms with E-state index in [2.05, 4.69) is 10.2 Å². The standard InChI is InChI=1S/C24H21N3O5S/c1-12-9-16-10-15(7-8-18(16)32-12)21(28)19-20(14-5-4-6-17(11-14)31-3)27(23(30)22(19)29)24-26-25-13(2)33-24/h4-8,10-12,20,28H,9H2,1-3H3/b21-19+/t12-,20+/m0/s1. The van der Waals surface area contributed by atoms with Gasteiger partial charge in [-0.3, -0.25) is 14.5 Å². The molecule has 2 atom stereocenters. The lowest BCUT2D eigenvalue weighted by Gasteiger charge is -2.23. The Morgan fingerprint density at radius 3 is 2.76 bits per heavy atom. The quantitative estimate of drug-likeness (QED) is 0.357. The molecule has 3 aromatic rings. The summed E-state index contributed by atoms with van der Waals surface area (Å²) in [5.41, 5.74) is 2.00. The molecule has 9 heteroatoms. The van der Waals surface area contributed by atoms with Crippen LogP contribution in [0.25, 0.3) is 5.76 Å². The van der Waals surface area contributed by atoms with Gasteiger partial charge < -0.3 is 14.6 Å². The molecule has 8 nitrogen and oxygen atoms in total. The number of aromatic nitrogens is 2. The summed E-state index contributed by atoms with van der Waals surface area (Å²) in [5.74, 6) is -0.465. The molecule has 33 heavy (non-hydrogen) atoms. The highest BCUT2D eigenvalue weighted by Crippen LogP contribution is 2.44. The van der Waals surface area contributed by atoms with E-state index < -0.39 is 17.7 Å². The maximum absolute atomic E-state index is 13.2. The second-order valence-corrected chi connectivity index (χ2v) is 9.16. The number of methoxy groups -OCH3 is 1. The van der Waals surface area contributed by atoms with Gasteiger partial charge in [-0.05, 0) is 55.3 Å². The molecule has 3 heterocycles. The Labute approximate surface area is 194 Å². The third kappa shape index (κ3) is 3.54. The van der Waals surface area contributed by atoms with Crippen molar-refractivity contribution in [3.8, 4) is 11.5 Å². The van der Waals surface area contributed by atoms with Crippen molar-refractivity contribution in [2.24, 2.45) is 0 Å². The van der Waals surface area contributed by atoms with E-state index in [1.807, 2.05) is 6.92 Å². The molecule has 2 aromatic carbocycles. The van der Waals surface area contributed by atoms with Gasteiger partial charge in [0.05, 0.1) is 18.7 Å². The number of rotatable bonds is 4. The highest BCUT2D eigenvalue weighted by molar-refractivity contribution is 7.15. The number of ketones is 1. The third-order valence-electron chi connectivity index (χ3n) is 5.74. The van der Waals surface area contributed by atoms with Crippen molar-refractivity contribution in [3.05, 3.63) is 69.7 Å². The molecule has 2 aliphatic heterocycles. The third-order valence-corrected chi connectivity index (χ3v) is 6.58. The number of anilines is 1. The molecule has 0 unspecified atom stereocenters. The lowest BCUT2D eigenvalue weighted by molar-refractivity contribution is -0.132. The van der Waals surface area contributed by atoms with Crippen LogP contribution < -0.4 is 14.4 Å². The maximum atomic E-state index is 13.2. The molecule has 168 valence electrons. The summed E-state index contributed by atoms with van der Waals surface area (Å²) in [6.45, 7) is 3.74. The first-order valence-corrected chi connectivity index (χ1v) is 11.2. The van der Waals surface area contributed by atoms with Crippen LogP contribution in [-0.2, 0) is 16.0 Å². The van der Waals surface area contributed by atoms with Crippen LogP contribution in [0.1, 0.15) is 34.7 Å². The van der Waals surface area contributed by atoms with Gasteiger partial charge in [0, 0.05) is 12.0 Å². The highest BCUT2D eigenvalue weighted by atomic mass is 32.1. The largest absolute Gasteiger partial charge is 0.507 e. The molecule has 0 saturated carbocycles. The zero-order chi connectivity index (χ0) is 23.3. The fourth-order valence-electron chi connectivity index (χ4n) is 4.27. The fraction of sp³-hybridized carbons (Fsp3) is 0.250. The number of benzene rings is 2. The van der Waals surface area contributed by atoms with Crippen molar-refractivity contribution in [2.75, 3.05) is 12.0 Å². The molecule has 2 aliphatic rings. The predicted molar refractivity (Wildman–Crippen MR) is 123 cm³/mol. The summed E-state index contributed by atoms with van der Waals surface area (Å²) in [4.78, 5) is 27.7. The lowest BCUT2D eigenvalue weighted by atomic mass is 9.94. The Morgan fingerprint density at radius 2 is 2.03 bits per heavy atom. The smallest absolute Gasteiger partial charge is 0.301 e. The number of aryl methyl sites for hydroxylation is 1. The van der Waals surface area contributed by atoms with Crippen LogP contribution in [0.15, 0.2) is 48.0 Å². The zero-order valence-corrected chi connectivity index (χ0v) is 19.0. The van der Waals surface area contributed by atoms with Gasteiger partial charge in [-0.1, -0.05) is 23.5 Å². The van der Waals surface area contributed by atoms with E-state index >= 15 is 0 Å². The molecule has 5 rings (SSSR count). The van der Waals surface area contributed by atoms with Gasteiger partial charge in [0.25, 0.3) is 5.78 Å². The van der Waals surface area contributed by atoms with Gasteiger partial charge in [0.1, 0.15) is 28.4 Å². The van der Waals surface area contributed by atoms with E-state index in [1.54, 1.807) is 49.4 Å². The Bertz CT molecular complexity index is 1310. The summed E-state index contributed by atoms with van der Waals surface area (Å²) >= 11 is 1.20. The summed E-state index contributed by atoms with van der Waals surface area (Å²) < 4.78 is 11.1. The second kappa shape index (κ2) is 8.00. The number of aliphatic hydroxyl groups excluding tert-OH is 1. The molecule has 0 aliphatic carbocycles. The minimum Gasteiger partial charge on any atom is -0.507 e. The van der Waals surface area contributed by atoms with Crippen molar-refractivity contribution in [2.45, 2.75) is 32.4 Å². The first kappa shape index (κ1) is 21.1. The number of ether oxygens (including phenoxy) is 2. The highest BCUT2D eigenvalue weighted by Gasteiger charge is 2.48. The molecule has 1 fully saturated rings. The number of amides is 1. The number of hydrogen-bond acceptors (Lipinski definition) is 8. The number of carbonyl (C=O) groups is 2. The van der Waals surface area contributed by atoms with Crippen LogP contribution in [0.5, 0.6) is 11.5 Å². The minimum atomic E-state index is -0.879. The van der Waals surface area contributed by atoms with Gasteiger partial charge in [-0.2, -0.15) is 0 Å². The first-order valence-electron chi connectivity index (χ1n) is 10.4. The van der Waals surface area contributed by atoms with E-state index in [0.29, 0.717) is 28.3 Å². The van der Waals surface area contributed by atoms with Crippen LogP contribution in [0.3, 0.4) is 0 Å². The van der Waals surface area contributed by atoms with E-state index in [-0.39, 0.29) is 22.6 Å². The summed E-state index contributed by atoms with van der Waals surface area (Å²) in [6, 6.07) is 11.5. The monoisotopic (exact) mass is 463 g/mol. The Kier molecular flexibility index (Phi) is 5.13. The maximum Gasteiger partial charge on any atom is 0.301 e. The molecular weight excluding hydrogens is 442 g/mol. The van der Waals surface area contributed by atoms with E-state index in [0.717, 1.165) is 11.3 Å². The van der Waals surface area contributed by atoms with Gasteiger partial charge in [0.15, 0.2) is 0 Å². The molecular formula is C24H21N3O5S. The molecule has 1 aromatic heterocycles. The predicted octanol–water partition coefficient (Wildman–Crippen LogP) is 3.80. The Hall–Kier alpha value is -3.72. The molecule has 1 amide bonds. The van der Waals surface area contributed by atoms with Gasteiger partial charge in [0.2, 0.25) is 5.13 Å². The Balaban J connectivity index is 1.69. The van der Waals surface area contributed by atoms with Crippen LogP contribution in [0.2, 0.25) is 0 Å². The molecule has 1 N–H and O–H groups in total. The van der Waals surface area contributed by atoms with Crippen molar-refractivity contribution in [3.63, 3.8) is 0 Å². The Morgan fingerprint density at radius 1 is 1.21 bits per heavy atom. The molecule has 0 radical (unpaired) electrons. The van der Waals surface area contributed by atoms with Gasteiger partial charge in [-0.15, -0.1) is 10.2 Å². The number of fused-ring (bicyclic) bond motifs is 1. The van der Waals surface area contributed by atoms with Crippen LogP contribution in [-0.4, -0.2) is 40.2 Å². The average Bonchev–Trinajstić information content (AvgIpc) is 3.48. The number of Topliss-reactive ketones (excluding diaryl/α,β-unsaturated/α-hetero) is 1. The second-order valence-electron chi connectivity index (χ2n) is 8.00. The van der Waals surface area contributed by atoms with Crippen molar-refractivity contribution >= 4 is 33.9 Å². The lowest BCUT2D eigenvalue weighted by Crippen LogP contribution is -2.29. The van der Waals surface area contributed by atoms with E-state index in [1.165, 1.54) is 23.3 Å². The van der Waals surface area contributed by atoms with Crippen LogP contribution in [0, 0.1) is 6.92 Å². The number of aliphatic hydroxyl groups is 1. The topological polar surface area (TPSA) is 102 Å². The normalized spacial score (nSPS) is 21.2. The van der Waals surface area contributed by atoms with Crippen molar-refractivity contribution in [1.82, 2.24) is 10.2 Å². The van der Waals surface area contributed by atoms with E-state index in [4.69, 9.17) is 9.47 Å². The average molecular weight is 464 g/mol. The zero-order valence-electron chi connectivity index (χ0n) is 18.2. The minimum absolute atomic E-state index is 0.00646. The fourth-order valence-corrected chi connectivity index (χ4v) is 4.98. The molecule has 0 spiro atoms.